The van der Waals surface area contributed by atoms with Crippen LogP contribution < -0.4 is 0 Å². The van der Waals surface area contributed by atoms with E-state index in [0.717, 1.165) is 24.0 Å². The summed E-state index contributed by atoms with van der Waals surface area (Å²) in [4.78, 5) is 28.1. The summed E-state index contributed by atoms with van der Waals surface area (Å²) in [5.41, 5.74) is 1.81. The monoisotopic (exact) mass is 275 g/mol. The number of Topliss-reactive ketones (excluding diaryl/α,β-unsaturated/α-hetero) is 1. The average molecular weight is 275 g/mol. The third-order valence-electron chi connectivity index (χ3n) is 2.76. The van der Waals surface area contributed by atoms with Crippen LogP contribution in [0.1, 0.15) is 44.2 Å². The van der Waals surface area contributed by atoms with E-state index in [1.54, 1.807) is 25.4 Å². The van der Waals surface area contributed by atoms with Crippen molar-refractivity contribution in [1.82, 2.24) is 4.98 Å². The Labute approximate surface area is 119 Å². The van der Waals surface area contributed by atoms with E-state index >= 15 is 0 Å². The van der Waals surface area contributed by atoms with E-state index in [0.29, 0.717) is 6.42 Å². The first-order valence-electron chi connectivity index (χ1n) is 6.92. The van der Waals surface area contributed by atoms with Crippen molar-refractivity contribution in [3.8, 4) is 0 Å². The Balaban J connectivity index is 3.03. The molecule has 0 aliphatic heterocycles. The zero-order valence-corrected chi connectivity index (χ0v) is 12.3. The predicted molar refractivity (Wildman–Crippen MR) is 78.1 cm³/mol. The maximum absolute atomic E-state index is 12.1. The summed E-state index contributed by atoms with van der Waals surface area (Å²) in [6.07, 6.45) is 6.95. The van der Waals surface area contributed by atoms with Gasteiger partial charge in [-0.05, 0) is 43.5 Å². The molecule has 0 aliphatic carbocycles. The number of unbranched alkanes of at least 4 members (excludes halogenated alkanes) is 1. The molecule has 0 atom stereocenters. The average Bonchev–Trinajstić information content (AvgIpc) is 2.42. The van der Waals surface area contributed by atoms with Gasteiger partial charge in [-0.2, -0.15) is 0 Å². The van der Waals surface area contributed by atoms with Gasteiger partial charge >= 0.3 is 5.97 Å². The van der Waals surface area contributed by atoms with Crippen LogP contribution in [0.3, 0.4) is 0 Å². The van der Waals surface area contributed by atoms with Crippen LogP contribution in [-0.4, -0.2) is 23.3 Å². The first-order valence-corrected chi connectivity index (χ1v) is 6.92. The van der Waals surface area contributed by atoms with Gasteiger partial charge in [0, 0.05) is 18.8 Å². The standard InChI is InChI=1S/C16H21NO3/c1-4-6-7-15(18)14(16(19)20-5-2)9-13-8-12(3)10-17-11-13/h8-11H,4-7H2,1-3H3. The third kappa shape index (κ3) is 4.96. The highest BCUT2D eigenvalue weighted by Crippen LogP contribution is 2.13. The van der Waals surface area contributed by atoms with Crippen LogP contribution in [0.15, 0.2) is 24.0 Å². The fourth-order valence-corrected chi connectivity index (χ4v) is 1.76. The zero-order valence-electron chi connectivity index (χ0n) is 12.3. The number of ketones is 1. The zero-order chi connectivity index (χ0) is 15.0. The number of esters is 1. The lowest BCUT2D eigenvalue weighted by Crippen LogP contribution is -2.15. The van der Waals surface area contributed by atoms with Crippen LogP contribution in [-0.2, 0) is 14.3 Å². The number of carbonyl (C=O) groups excluding carboxylic acids is 2. The van der Waals surface area contributed by atoms with Crippen LogP contribution in [0.4, 0.5) is 0 Å². The molecule has 0 fully saturated rings. The minimum Gasteiger partial charge on any atom is -0.462 e. The molecule has 0 saturated heterocycles. The van der Waals surface area contributed by atoms with Crippen LogP contribution >= 0.6 is 0 Å². The Morgan fingerprint density at radius 2 is 2.05 bits per heavy atom. The molecule has 1 aromatic heterocycles. The lowest BCUT2D eigenvalue weighted by molar-refractivity contribution is -0.139. The molecule has 0 aliphatic rings. The highest BCUT2D eigenvalue weighted by molar-refractivity contribution is 6.20. The van der Waals surface area contributed by atoms with Crippen molar-refractivity contribution < 1.29 is 14.3 Å². The molecule has 1 rings (SSSR count). The normalized spacial score (nSPS) is 11.2. The van der Waals surface area contributed by atoms with E-state index in [4.69, 9.17) is 4.74 Å². The summed E-state index contributed by atoms with van der Waals surface area (Å²) >= 11 is 0. The predicted octanol–water partition coefficient (Wildman–Crippen LogP) is 3.10. The van der Waals surface area contributed by atoms with Crippen LogP contribution in [0.2, 0.25) is 0 Å². The Morgan fingerprint density at radius 3 is 2.65 bits per heavy atom. The van der Waals surface area contributed by atoms with E-state index in [9.17, 15) is 9.59 Å². The maximum Gasteiger partial charge on any atom is 0.341 e. The largest absolute Gasteiger partial charge is 0.462 e. The van der Waals surface area contributed by atoms with E-state index in [-0.39, 0.29) is 18.0 Å². The fourth-order valence-electron chi connectivity index (χ4n) is 1.76. The molecule has 1 aromatic rings. The van der Waals surface area contributed by atoms with Gasteiger partial charge in [-0.15, -0.1) is 0 Å². The Hall–Kier alpha value is -1.97. The van der Waals surface area contributed by atoms with E-state index in [1.165, 1.54) is 0 Å². The summed E-state index contributed by atoms with van der Waals surface area (Å²) in [6.45, 7) is 5.89. The number of rotatable bonds is 7. The second-order valence-corrected chi connectivity index (χ2v) is 4.60. The van der Waals surface area contributed by atoms with Crippen molar-refractivity contribution in [2.45, 2.75) is 40.0 Å². The highest BCUT2D eigenvalue weighted by atomic mass is 16.5. The molecule has 1 heterocycles. The number of pyridine rings is 1. The van der Waals surface area contributed by atoms with Crippen molar-refractivity contribution >= 4 is 17.8 Å². The molecule has 20 heavy (non-hydrogen) atoms. The Bertz CT molecular complexity index is 506. The van der Waals surface area contributed by atoms with Crippen molar-refractivity contribution in [2.75, 3.05) is 6.61 Å². The second-order valence-electron chi connectivity index (χ2n) is 4.60. The van der Waals surface area contributed by atoms with Gasteiger partial charge in [0.05, 0.1) is 6.61 Å². The Morgan fingerprint density at radius 1 is 1.30 bits per heavy atom. The summed E-state index contributed by atoms with van der Waals surface area (Å²) < 4.78 is 4.96. The number of aryl methyl sites for hydroxylation is 1. The minimum absolute atomic E-state index is 0.104. The number of hydrogen-bond acceptors (Lipinski definition) is 4. The molecule has 108 valence electrons. The molecule has 0 amide bonds. The summed E-state index contributed by atoms with van der Waals surface area (Å²) in [5.74, 6) is -0.734. The number of nitrogens with zero attached hydrogens (tertiary/aromatic N) is 1. The fraction of sp³-hybridized carbons (Fsp3) is 0.438. The smallest absolute Gasteiger partial charge is 0.341 e. The molecule has 0 saturated carbocycles. The number of hydrogen-bond donors (Lipinski definition) is 0. The first kappa shape index (κ1) is 16.1. The van der Waals surface area contributed by atoms with Crippen molar-refractivity contribution in [3.63, 3.8) is 0 Å². The van der Waals surface area contributed by atoms with Gasteiger partial charge in [0.15, 0.2) is 5.78 Å². The first-order chi connectivity index (χ1) is 9.58. The van der Waals surface area contributed by atoms with Crippen LogP contribution in [0.5, 0.6) is 0 Å². The number of carbonyl (C=O) groups is 2. The lowest BCUT2D eigenvalue weighted by Gasteiger charge is -2.06. The summed E-state index contributed by atoms with van der Waals surface area (Å²) in [6, 6.07) is 1.87. The van der Waals surface area contributed by atoms with Gasteiger partial charge in [0.25, 0.3) is 0 Å². The molecule has 4 heteroatoms. The number of ether oxygens (including phenoxy) is 1. The van der Waals surface area contributed by atoms with Gasteiger partial charge in [0.1, 0.15) is 5.57 Å². The van der Waals surface area contributed by atoms with Gasteiger partial charge in [-0.25, -0.2) is 4.79 Å². The van der Waals surface area contributed by atoms with Gasteiger partial charge in [-0.3, -0.25) is 9.78 Å². The second kappa shape index (κ2) is 8.25. The van der Waals surface area contributed by atoms with Crippen LogP contribution in [0, 0.1) is 6.92 Å². The molecular formula is C16H21NO3. The molecule has 0 bridgehead atoms. The molecule has 0 aromatic carbocycles. The summed E-state index contributed by atoms with van der Waals surface area (Å²) in [5, 5.41) is 0. The number of aromatic nitrogens is 1. The minimum atomic E-state index is -0.560. The maximum atomic E-state index is 12.1. The topological polar surface area (TPSA) is 56.3 Å². The third-order valence-corrected chi connectivity index (χ3v) is 2.76. The van der Waals surface area contributed by atoms with Gasteiger partial charge < -0.3 is 4.74 Å². The molecule has 4 nitrogen and oxygen atoms in total. The highest BCUT2D eigenvalue weighted by Gasteiger charge is 2.18. The molecular weight excluding hydrogens is 254 g/mol. The van der Waals surface area contributed by atoms with Crippen molar-refractivity contribution in [3.05, 3.63) is 35.2 Å². The molecule has 0 unspecified atom stereocenters. The lowest BCUT2D eigenvalue weighted by atomic mass is 10.0. The van der Waals surface area contributed by atoms with E-state index < -0.39 is 5.97 Å². The van der Waals surface area contributed by atoms with Crippen molar-refractivity contribution in [1.29, 1.82) is 0 Å². The van der Waals surface area contributed by atoms with Gasteiger partial charge in [-0.1, -0.05) is 13.3 Å². The van der Waals surface area contributed by atoms with E-state index in [2.05, 4.69) is 4.98 Å². The molecule has 0 spiro atoms. The summed E-state index contributed by atoms with van der Waals surface area (Å²) in [7, 11) is 0. The Kier molecular flexibility index (Phi) is 6.64. The quantitative estimate of drug-likeness (QED) is 0.332. The molecule has 0 radical (unpaired) electrons. The van der Waals surface area contributed by atoms with Crippen LogP contribution in [0.25, 0.3) is 6.08 Å². The van der Waals surface area contributed by atoms with Crippen molar-refractivity contribution in [2.24, 2.45) is 0 Å². The van der Waals surface area contributed by atoms with E-state index in [1.807, 2.05) is 19.9 Å². The van der Waals surface area contributed by atoms with Gasteiger partial charge in [0.2, 0.25) is 0 Å². The molecule has 0 N–H and O–H groups in total. The SMILES string of the molecule is CCCCC(=O)C(=Cc1cncc(C)c1)C(=O)OCC.